The van der Waals surface area contributed by atoms with Gasteiger partial charge in [0.25, 0.3) is 5.91 Å². The molecule has 0 bridgehead atoms. The predicted octanol–water partition coefficient (Wildman–Crippen LogP) is 7.87. The Morgan fingerprint density at radius 3 is 2.42 bits per heavy atom. The molecule has 1 aromatic heterocycles. The molecule has 2 N–H and O–H groups in total. The van der Waals surface area contributed by atoms with Crippen molar-refractivity contribution in [1.29, 1.82) is 0 Å². The summed E-state index contributed by atoms with van der Waals surface area (Å²) in [7, 11) is 1.28. The van der Waals surface area contributed by atoms with Gasteiger partial charge in [-0.15, -0.1) is 13.2 Å². The minimum Gasteiger partial charge on any atom is -0.484 e. The summed E-state index contributed by atoms with van der Waals surface area (Å²) in [5, 5.41) is 5.99. The Morgan fingerprint density at radius 2 is 1.73 bits per heavy atom. The van der Waals surface area contributed by atoms with Crippen molar-refractivity contribution in [2.75, 3.05) is 24.4 Å². The summed E-state index contributed by atoms with van der Waals surface area (Å²) in [4.78, 5) is 29.2. The molecule has 2 atom stereocenters. The van der Waals surface area contributed by atoms with Crippen molar-refractivity contribution < 1.29 is 37.0 Å². The van der Waals surface area contributed by atoms with Crippen molar-refractivity contribution in [3.8, 4) is 11.5 Å². The molecule has 0 unspecified atom stereocenters. The number of halogens is 3. The molecular weight excluding hydrogens is 589 g/mol. The summed E-state index contributed by atoms with van der Waals surface area (Å²) in [6, 6.07) is 17.4. The average molecular weight is 625 g/mol. The molecule has 1 saturated carbocycles. The van der Waals surface area contributed by atoms with E-state index in [1.165, 1.54) is 37.4 Å². The minimum atomic E-state index is -4.77. The lowest BCUT2D eigenvalue weighted by Crippen LogP contribution is -2.29. The number of hydrogen-bond acceptors (Lipinski definition) is 7. The molecule has 4 aromatic rings. The normalized spacial score (nSPS) is 17.8. The lowest BCUT2D eigenvalue weighted by molar-refractivity contribution is -0.274. The molecule has 0 aliphatic heterocycles. The predicted molar refractivity (Wildman–Crippen MR) is 164 cm³/mol. The number of rotatable bonds is 9. The molecule has 1 heterocycles. The van der Waals surface area contributed by atoms with Gasteiger partial charge in [0, 0.05) is 23.5 Å². The second-order valence-electron chi connectivity index (χ2n) is 12.1. The number of nitrogens with one attached hydrogen (secondary N) is 2. The van der Waals surface area contributed by atoms with Gasteiger partial charge in [0.15, 0.2) is 6.61 Å². The molecule has 1 aliphatic rings. The van der Waals surface area contributed by atoms with E-state index in [1.54, 1.807) is 30.3 Å². The Morgan fingerprint density at radius 1 is 1.00 bits per heavy atom. The van der Waals surface area contributed by atoms with Gasteiger partial charge in [-0.1, -0.05) is 26.8 Å². The maximum absolute atomic E-state index is 12.6. The van der Waals surface area contributed by atoms with Crippen LogP contribution >= 0.6 is 0 Å². The van der Waals surface area contributed by atoms with Crippen LogP contribution in [0, 0.1) is 11.3 Å². The average Bonchev–Trinajstić information content (AvgIpc) is 3.32. The van der Waals surface area contributed by atoms with Gasteiger partial charge >= 0.3 is 12.3 Å². The van der Waals surface area contributed by atoms with E-state index in [0.717, 1.165) is 24.8 Å². The first kappa shape index (κ1) is 31.7. The number of esters is 1. The van der Waals surface area contributed by atoms with E-state index in [0.29, 0.717) is 40.1 Å². The second kappa shape index (κ2) is 12.7. The molecule has 0 saturated heterocycles. The van der Waals surface area contributed by atoms with Gasteiger partial charge in [-0.2, -0.15) is 0 Å². The first-order valence-electron chi connectivity index (χ1n) is 14.5. The van der Waals surface area contributed by atoms with Crippen LogP contribution in [-0.4, -0.2) is 41.5 Å². The third kappa shape index (κ3) is 8.05. The Balaban J connectivity index is 1.37. The fourth-order valence-corrected chi connectivity index (χ4v) is 6.18. The molecule has 0 radical (unpaired) electrons. The first-order valence-corrected chi connectivity index (χ1v) is 14.5. The van der Waals surface area contributed by atoms with E-state index in [1.807, 2.05) is 6.07 Å². The van der Waals surface area contributed by atoms with E-state index in [4.69, 9.17) is 14.5 Å². The zero-order chi connectivity index (χ0) is 32.4. The Kier molecular flexibility index (Phi) is 8.94. The number of ether oxygens (including phenoxy) is 3. The first-order chi connectivity index (χ1) is 21.3. The highest BCUT2D eigenvalue weighted by Gasteiger charge is 2.35. The third-order valence-electron chi connectivity index (χ3n) is 7.67. The van der Waals surface area contributed by atoms with Crippen molar-refractivity contribution in [2.24, 2.45) is 11.3 Å². The number of methoxy groups -OCH3 is 1. The Hall–Kier alpha value is -4.74. The van der Waals surface area contributed by atoms with Crippen molar-refractivity contribution in [3.05, 3.63) is 72.3 Å². The molecule has 3 aromatic carbocycles. The number of benzene rings is 3. The molecule has 1 fully saturated rings. The zero-order valence-electron chi connectivity index (χ0n) is 25.4. The summed E-state index contributed by atoms with van der Waals surface area (Å²) in [5.41, 5.74) is 2.89. The topological polar surface area (TPSA) is 104 Å². The number of alkyl halides is 3. The number of carbonyl (C=O) groups excluding carboxylic acids is 2. The van der Waals surface area contributed by atoms with Crippen LogP contribution in [0.4, 0.5) is 30.5 Å². The van der Waals surface area contributed by atoms with E-state index in [-0.39, 0.29) is 23.8 Å². The van der Waals surface area contributed by atoms with Gasteiger partial charge in [-0.05, 0) is 85.2 Å². The maximum atomic E-state index is 12.6. The molecule has 238 valence electrons. The van der Waals surface area contributed by atoms with Crippen LogP contribution in [-0.2, 0) is 9.53 Å². The quantitative estimate of drug-likeness (QED) is 0.183. The summed E-state index contributed by atoms with van der Waals surface area (Å²) >= 11 is 0. The highest BCUT2D eigenvalue weighted by Crippen LogP contribution is 2.46. The van der Waals surface area contributed by atoms with E-state index < -0.39 is 18.2 Å². The maximum Gasteiger partial charge on any atom is 0.573 e. The molecule has 5 rings (SSSR count). The van der Waals surface area contributed by atoms with Crippen LogP contribution in [0.25, 0.3) is 11.0 Å². The third-order valence-corrected chi connectivity index (χ3v) is 7.67. The number of carbonyl (C=O) groups is 2. The number of amides is 1. The summed E-state index contributed by atoms with van der Waals surface area (Å²) in [5.74, 6) is 0.223. The number of aromatic nitrogens is 2. The van der Waals surface area contributed by atoms with Crippen molar-refractivity contribution in [1.82, 2.24) is 9.55 Å². The largest absolute Gasteiger partial charge is 0.573 e. The van der Waals surface area contributed by atoms with Gasteiger partial charge in [-0.3, -0.25) is 4.79 Å². The summed E-state index contributed by atoms with van der Waals surface area (Å²) in [6.45, 7) is 6.47. The second-order valence-corrected chi connectivity index (χ2v) is 12.1. The minimum absolute atomic E-state index is 0.111. The Labute approximate surface area is 258 Å². The fourth-order valence-electron chi connectivity index (χ4n) is 6.18. The number of imidazole rings is 1. The van der Waals surface area contributed by atoms with Gasteiger partial charge in [0.2, 0.25) is 5.95 Å². The van der Waals surface area contributed by atoms with Crippen molar-refractivity contribution >= 4 is 40.2 Å². The SMILES string of the molecule is COC(=O)c1cccc(NC(=O)COc2ccc3c(c2)nc(Nc2ccc(OC(F)(F)F)cc2)n3[C@@H]2C[C@H](C)CC(C)(C)C2)c1. The molecule has 0 spiro atoms. The number of nitrogens with zero attached hydrogens (tertiary/aromatic N) is 2. The lowest BCUT2D eigenvalue weighted by Gasteiger charge is -2.40. The van der Waals surface area contributed by atoms with Crippen LogP contribution in [0.2, 0.25) is 0 Å². The lowest BCUT2D eigenvalue weighted by atomic mass is 9.70. The molecule has 45 heavy (non-hydrogen) atoms. The molecule has 9 nitrogen and oxygen atoms in total. The summed E-state index contributed by atoms with van der Waals surface area (Å²) < 4.78 is 54.6. The highest BCUT2D eigenvalue weighted by molar-refractivity contribution is 5.95. The molecule has 1 amide bonds. The van der Waals surface area contributed by atoms with Crippen LogP contribution in [0.15, 0.2) is 66.7 Å². The van der Waals surface area contributed by atoms with E-state index in [9.17, 15) is 22.8 Å². The smallest absolute Gasteiger partial charge is 0.484 e. The van der Waals surface area contributed by atoms with Crippen molar-refractivity contribution in [3.63, 3.8) is 0 Å². The molecule has 12 heteroatoms. The monoisotopic (exact) mass is 624 g/mol. The van der Waals surface area contributed by atoms with Gasteiger partial charge in [-0.25, -0.2) is 9.78 Å². The summed E-state index contributed by atoms with van der Waals surface area (Å²) in [6.07, 6.45) is -1.81. The molecular formula is C33H35F3N4O5. The van der Waals surface area contributed by atoms with E-state index in [2.05, 4.69) is 40.7 Å². The Bertz CT molecular complexity index is 1680. The molecule has 1 aliphatic carbocycles. The zero-order valence-corrected chi connectivity index (χ0v) is 25.4. The highest BCUT2D eigenvalue weighted by atomic mass is 19.4. The van der Waals surface area contributed by atoms with E-state index >= 15 is 0 Å². The number of hydrogen-bond donors (Lipinski definition) is 2. The van der Waals surface area contributed by atoms with Gasteiger partial charge in [0.05, 0.1) is 23.7 Å². The number of anilines is 3. The van der Waals surface area contributed by atoms with Gasteiger partial charge in [0.1, 0.15) is 11.5 Å². The van der Waals surface area contributed by atoms with Crippen LogP contribution in [0.3, 0.4) is 0 Å². The van der Waals surface area contributed by atoms with Crippen molar-refractivity contribution in [2.45, 2.75) is 52.4 Å². The van der Waals surface area contributed by atoms with Crippen LogP contribution in [0.1, 0.15) is 56.4 Å². The van der Waals surface area contributed by atoms with Crippen LogP contribution in [0.5, 0.6) is 11.5 Å². The van der Waals surface area contributed by atoms with Crippen LogP contribution < -0.4 is 20.1 Å². The fraction of sp³-hybridized carbons (Fsp3) is 0.364. The number of fused-ring (bicyclic) bond motifs is 1. The van der Waals surface area contributed by atoms with Gasteiger partial charge < -0.3 is 29.4 Å². The standard InChI is InChI=1S/C33H35F3N4O5/c1-20-14-24(18-32(2,3)17-20)40-28-13-12-26(44-19-29(41)37-23-7-5-6-21(15-23)30(42)43-4)16-27(28)39-31(40)38-22-8-10-25(11-9-22)45-33(34,35)36/h5-13,15-16,20,24H,14,17-19H2,1-4H3,(H,37,41)(H,38,39)/t20-,24+/m0/s1.